The molecule has 0 saturated carbocycles. The summed E-state index contributed by atoms with van der Waals surface area (Å²) in [6.45, 7) is 5.54. The molecule has 1 heterocycles. The first-order chi connectivity index (χ1) is 9.20. The number of carbonyl (C=O) groups is 1. The lowest BCUT2D eigenvalue weighted by atomic mass is 10.2. The molecule has 19 heavy (non-hydrogen) atoms. The van der Waals surface area contributed by atoms with Crippen LogP contribution in [0.15, 0.2) is 34.7 Å². The number of furan rings is 1. The van der Waals surface area contributed by atoms with E-state index in [1.807, 2.05) is 44.2 Å². The average molecular weight is 260 g/mol. The molecule has 0 aliphatic rings. The molecular weight excluding hydrogens is 240 g/mol. The van der Waals surface area contributed by atoms with Gasteiger partial charge in [-0.3, -0.25) is 4.79 Å². The molecule has 1 unspecified atom stereocenters. The fraction of sp³-hybridized carbons (Fsp3) is 0.400. The normalized spacial score (nSPS) is 12.5. The summed E-state index contributed by atoms with van der Waals surface area (Å²) in [6, 6.07) is 9.71. The van der Waals surface area contributed by atoms with Crippen molar-refractivity contribution >= 4 is 16.9 Å². The zero-order valence-corrected chi connectivity index (χ0v) is 11.4. The van der Waals surface area contributed by atoms with E-state index in [0.29, 0.717) is 13.0 Å². The minimum Gasteiger partial charge on any atom is -0.459 e. The topological polar surface area (TPSA) is 54.3 Å². The van der Waals surface area contributed by atoms with E-state index in [1.165, 1.54) is 0 Å². The van der Waals surface area contributed by atoms with Crippen LogP contribution in [0.25, 0.3) is 11.0 Å². The second-order valence-electron chi connectivity index (χ2n) is 4.58. The summed E-state index contributed by atoms with van der Waals surface area (Å²) in [5, 5.41) is 7.13. The molecule has 2 rings (SSSR count). The largest absolute Gasteiger partial charge is 0.459 e. The Morgan fingerprint density at radius 3 is 2.89 bits per heavy atom. The number of amides is 1. The Bertz CT molecular complexity index is 515. The Labute approximate surface area is 113 Å². The minimum atomic E-state index is -0.110. The van der Waals surface area contributed by atoms with Crippen LogP contribution in [-0.4, -0.2) is 19.0 Å². The fourth-order valence-electron chi connectivity index (χ4n) is 1.98. The Morgan fingerprint density at radius 2 is 2.16 bits per heavy atom. The molecule has 2 aromatic rings. The standard InChI is InChI=1S/C15H20N2O2/c1-3-16-9-8-15(18)17-11(2)14-10-12-6-4-5-7-13(12)19-14/h4-7,10-11,16H,3,8-9H2,1-2H3,(H,17,18). The third kappa shape index (κ3) is 3.58. The van der Waals surface area contributed by atoms with Gasteiger partial charge >= 0.3 is 0 Å². The number of para-hydroxylation sites is 1. The van der Waals surface area contributed by atoms with Crippen molar-refractivity contribution in [3.8, 4) is 0 Å². The van der Waals surface area contributed by atoms with E-state index < -0.39 is 0 Å². The summed E-state index contributed by atoms with van der Waals surface area (Å²) in [7, 11) is 0. The number of nitrogens with one attached hydrogen (secondary N) is 2. The average Bonchev–Trinajstić information content (AvgIpc) is 2.83. The van der Waals surface area contributed by atoms with Gasteiger partial charge in [0.1, 0.15) is 11.3 Å². The summed E-state index contributed by atoms with van der Waals surface area (Å²) in [5.41, 5.74) is 0.853. The van der Waals surface area contributed by atoms with Crippen LogP contribution in [0.4, 0.5) is 0 Å². The van der Waals surface area contributed by atoms with E-state index in [0.717, 1.165) is 23.3 Å². The third-order valence-electron chi connectivity index (χ3n) is 3.03. The molecule has 1 amide bonds. The van der Waals surface area contributed by atoms with Crippen LogP contribution in [0.2, 0.25) is 0 Å². The van der Waals surface area contributed by atoms with E-state index in [1.54, 1.807) is 0 Å². The maximum atomic E-state index is 11.7. The second kappa shape index (κ2) is 6.38. The second-order valence-corrected chi connectivity index (χ2v) is 4.58. The van der Waals surface area contributed by atoms with Crippen LogP contribution < -0.4 is 10.6 Å². The Hall–Kier alpha value is -1.81. The van der Waals surface area contributed by atoms with Crippen LogP contribution in [-0.2, 0) is 4.79 Å². The van der Waals surface area contributed by atoms with Crippen LogP contribution in [0.1, 0.15) is 32.1 Å². The van der Waals surface area contributed by atoms with Gasteiger partial charge in [0.05, 0.1) is 6.04 Å². The van der Waals surface area contributed by atoms with Gasteiger partial charge in [0.25, 0.3) is 0 Å². The van der Waals surface area contributed by atoms with Crippen LogP contribution >= 0.6 is 0 Å². The van der Waals surface area contributed by atoms with Crippen LogP contribution in [0.3, 0.4) is 0 Å². The molecule has 4 heteroatoms. The summed E-state index contributed by atoms with van der Waals surface area (Å²) >= 11 is 0. The fourth-order valence-corrected chi connectivity index (χ4v) is 1.98. The number of benzene rings is 1. The van der Waals surface area contributed by atoms with Crippen molar-refractivity contribution < 1.29 is 9.21 Å². The van der Waals surface area contributed by atoms with E-state index in [9.17, 15) is 4.79 Å². The first-order valence-corrected chi connectivity index (χ1v) is 6.69. The summed E-state index contributed by atoms with van der Waals surface area (Å²) in [5.74, 6) is 0.826. The number of carbonyl (C=O) groups excluding carboxylic acids is 1. The van der Waals surface area contributed by atoms with E-state index in [-0.39, 0.29) is 11.9 Å². The molecule has 2 N–H and O–H groups in total. The third-order valence-corrected chi connectivity index (χ3v) is 3.03. The molecule has 0 radical (unpaired) electrons. The van der Waals surface area contributed by atoms with Crippen molar-refractivity contribution in [1.82, 2.24) is 10.6 Å². The van der Waals surface area contributed by atoms with Gasteiger partial charge in [0, 0.05) is 18.4 Å². The molecule has 102 valence electrons. The lowest BCUT2D eigenvalue weighted by Gasteiger charge is -2.11. The zero-order chi connectivity index (χ0) is 13.7. The molecule has 1 atom stereocenters. The summed E-state index contributed by atoms with van der Waals surface area (Å²) in [6.07, 6.45) is 0.485. The van der Waals surface area contributed by atoms with E-state index in [4.69, 9.17) is 4.42 Å². The van der Waals surface area contributed by atoms with Gasteiger partial charge in [0.2, 0.25) is 5.91 Å². The van der Waals surface area contributed by atoms with E-state index >= 15 is 0 Å². The highest BCUT2D eigenvalue weighted by atomic mass is 16.3. The van der Waals surface area contributed by atoms with Gasteiger partial charge in [-0.15, -0.1) is 0 Å². The molecule has 0 spiro atoms. The molecular formula is C15H20N2O2. The van der Waals surface area contributed by atoms with Crippen molar-refractivity contribution in [1.29, 1.82) is 0 Å². The van der Waals surface area contributed by atoms with Gasteiger partial charge in [0.15, 0.2) is 0 Å². The first kappa shape index (κ1) is 13.6. The number of hydrogen-bond acceptors (Lipinski definition) is 3. The summed E-state index contributed by atoms with van der Waals surface area (Å²) in [4.78, 5) is 11.7. The van der Waals surface area contributed by atoms with Crippen molar-refractivity contribution in [2.45, 2.75) is 26.3 Å². The van der Waals surface area contributed by atoms with Crippen molar-refractivity contribution in [3.63, 3.8) is 0 Å². The van der Waals surface area contributed by atoms with Gasteiger partial charge < -0.3 is 15.1 Å². The molecule has 0 aliphatic carbocycles. The van der Waals surface area contributed by atoms with Crippen molar-refractivity contribution in [2.75, 3.05) is 13.1 Å². The maximum absolute atomic E-state index is 11.7. The van der Waals surface area contributed by atoms with Gasteiger partial charge in [-0.1, -0.05) is 25.1 Å². The number of hydrogen-bond donors (Lipinski definition) is 2. The highest BCUT2D eigenvalue weighted by Gasteiger charge is 2.13. The molecule has 0 aliphatic heterocycles. The Morgan fingerprint density at radius 1 is 1.37 bits per heavy atom. The van der Waals surface area contributed by atoms with Crippen molar-refractivity contribution in [2.24, 2.45) is 0 Å². The van der Waals surface area contributed by atoms with E-state index in [2.05, 4.69) is 10.6 Å². The Kier molecular flexibility index (Phi) is 4.58. The number of fused-ring (bicyclic) bond motifs is 1. The molecule has 0 fully saturated rings. The lowest BCUT2D eigenvalue weighted by molar-refractivity contribution is -0.121. The van der Waals surface area contributed by atoms with Crippen LogP contribution in [0, 0.1) is 0 Å². The molecule has 0 saturated heterocycles. The first-order valence-electron chi connectivity index (χ1n) is 6.69. The molecule has 0 bridgehead atoms. The predicted octanol–water partition coefficient (Wildman–Crippen LogP) is 2.61. The quantitative estimate of drug-likeness (QED) is 0.785. The SMILES string of the molecule is CCNCCC(=O)NC(C)c1cc2ccccc2o1. The monoisotopic (exact) mass is 260 g/mol. The zero-order valence-electron chi connectivity index (χ0n) is 11.4. The van der Waals surface area contributed by atoms with Gasteiger partial charge in [-0.05, 0) is 25.6 Å². The smallest absolute Gasteiger partial charge is 0.221 e. The van der Waals surface area contributed by atoms with Crippen LogP contribution in [0.5, 0.6) is 0 Å². The van der Waals surface area contributed by atoms with Crippen molar-refractivity contribution in [3.05, 3.63) is 36.1 Å². The lowest BCUT2D eigenvalue weighted by Crippen LogP contribution is -2.29. The Balaban J connectivity index is 1.95. The summed E-state index contributed by atoms with van der Waals surface area (Å²) < 4.78 is 5.73. The van der Waals surface area contributed by atoms with Gasteiger partial charge in [-0.25, -0.2) is 0 Å². The molecule has 1 aromatic carbocycles. The maximum Gasteiger partial charge on any atom is 0.221 e. The highest BCUT2D eigenvalue weighted by Crippen LogP contribution is 2.23. The predicted molar refractivity (Wildman–Crippen MR) is 75.9 cm³/mol. The highest BCUT2D eigenvalue weighted by molar-refractivity contribution is 5.79. The van der Waals surface area contributed by atoms with Gasteiger partial charge in [-0.2, -0.15) is 0 Å². The minimum absolute atomic E-state index is 0.0360. The number of rotatable bonds is 6. The molecule has 4 nitrogen and oxygen atoms in total. The molecule has 1 aromatic heterocycles.